The van der Waals surface area contributed by atoms with Crippen LogP contribution in [-0.2, 0) is 0 Å². The Morgan fingerprint density at radius 1 is 1.27 bits per heavy atom. The fourth-order valence-corrected chi connectivity index (χ4v) is 2.14. The predicted molar refractivity (Wildman–Crippen MR) is 63.1 cm³/mol. The van der Waals surface area contributed by atoms with E-state index in [4.69, 9.17) is 0 Å². The normalized spacial score (nSPS) is 13.9. The van der Waals surface area contributed by atoms with Crippen LogP contribution in [0.25, 0.3) is 0 Å². The molecule has 11 heavy (non-hydrogen) atoms. The fraction of sp³-hybridized carbons (Fsp3) is 1.00. The second kappa shape index (κ2) is 4.65. The molecule has 0 aromatic heterocycles. The summed E-state index contributed by atoms with van der Waals surface area (Å²) in [6.07, 6.45) is 0. The molecule has 0 unspecified atom stereocenters. The van der Waals surface area contributed by atoms with Gasteiger partial charge >= 0.3 is 78.9 Å². The summed E-state index contributed by atoms with van der Waals surface area (Å²) in [7, 11) is 2.21. The molecule has 0 heterocycles. The van der Waals surface area contributed by atoms with Crippen molar-refractivity contribution in [3.8, 4) is 0 Å². The molecule has 2 heteroatoms. The summed E-state index contributed by atoms with van der Waals surface area (Å²) in [6, 6.07) is 0. The Labute approximate surface area is 78.9 Å². The first kappa shape index (κ1) is 11.7. The van der Waals surface area contributed by atoms with Gasteiger partial charge in [0, 0.05) is 0 Å². The Bertz CT molecular complexity index is 110. The topological polar surface area (TPSA) is 3.24 Å². The van der Waals surface area contributed by atoms with E-state index in [0.717, 1.165) is 0 Å². The standard InChI is InChI=1S/C9H22IN/c1-7-11(6)8-9(2,3)10(4)5/h7-8H2,1-6H3. The molecule has 0 fully saturated rings. The van der Waals surface area contributed by atoms with Crippen LogP contribution in [-0.4, -0.2) is 38.3 Å². The summed E-state index contributed by atoms with van der Waals surface area (Å²) in [6.45, 7) is 9.47. The maximum atomic E-state index is 2.45. The number of hydrogen-bond donors (Lipinski definition) is 0. The van der Waals surface area contributed by atoms with Crippen LogP contribution in [0.4, 0.5) is 0 Å². The van der Waals surface area contributed by atoms with Crippen molar-refractivity contribution in [3.63, 3.8) is 0 Å². The van der Waals surface area contributed by atoms with E-state index in [0.29, 0.717) is 3.42 Å². The van der Waals surface area contributed by atoms with Gasteiger partial charge in [-0.25, -0.2) is 0 Å². The van der Waals surface area contributed by atoms with Crippen LogP contribution >= 0.6 is 19.8 Å². The van der Waals surface area contributed by atoms with Gasteiger partial charge in [-0.3, -0.25) is 0 Å². The van der Waals surface area contributed by atoms with E-state index in [-0.39, 0.29) is 0 Å². The minimum atomic E-state index is -0.652. The van der Waals surface area contributed by atoms with Gasteiger partial charge in [-0.2, -0.15) is 0 Å². The van der Waals surface area contributed by atoms with E-state index in [1.807, 2.05) is 0 Å². The third-order valence-electron chi connectivity index (χ3n) is 2.21. The zero-order chi connectivity index (χ0) is 9.07. The van der Waals surface area contributed by atoms with Gasteiger partial charge in [0.05, 0.1) is 0 Å². The summed E-state index contributed by atoms with van der Waals surface area (Å²) in [4.78, 5) is 7.32. The molecule has 1 nitrogen and oxygen atoms in total. The summed E-state index contributed by atoms with van der Waals surface area (Å²) in [5.74, 6) is 0. The Morgan fingerprint density at radius 2 is 1.73 bits per heavy atom. The van der Waals surface area contributed by atoms with E-state index >= 15 is 0 Å². The fourth-order valence-electron chi connectivity index (χ4n) is 0.873. The van der Waals surface area contributed by atoms with E-state index < -0.39 is 19.8 Å². The minimum absolute atomic E-state index is 0.606. The summed E-state index contributed by atoms with van der Waals surface area (Å²) < 4.78 is 0.606. The molecule has 0 aromatic rings. The zero-order valence-corrected chi connectivity index (χ0v) is 10.9. The van der Waals surface area contributed by atoms with Crippen LogP contribution in [0, 0.1) is 0 Å². The molecule has 0 saturated carbocycles. The first-order valence-corrected chi connectivity index (χ1v) is 9.48. The Hall–Kier alpha value is 0.690. The van der Waals surface area contributed by atoms with Crippen molar-refractivity contribution in [2.75, 3.05) is 30.0 Å². The van der Waals surface area contributed by atoms with Gasteiger partial charge in [-0.1, -0.05) is 0 Å². The summed E-state index contributed by atoms with van der Waals surface area (Å²) >= 11 is -0.652. The Morgan fingerprint density at radius 3 is 2.00 bits per heavy atom. The van der Waals surface area contributed by atoms with Crippen molar-refractivity contribution >= 4 is 19.8 Å². The monoisotopic (exact) mass is 271 g/mol. The van der Waals surface area contributed by atoms with Crippen LogP contribution in [0.15, 0.2) is 0 Å². The zero-order valence-electron chi connectivity index (χ0n) is 8.74. The molecule has 0 aromatic carbocycles. The van der Waals surface area contributed by atoms with Gasteiger partial charge in [0.25, 0.3) is 0 Å². The van der Waals surface area contributed by atoms with E-state index in [9.17, 15) is 0 Å². The van der Waals surface area contributed by atoms with Gasteiger partial charge < -0.3 is 0 Å². The second-order valence-electron chi connectivity index (χ2n) is 3.81. The molecular weight excluding hydrogens is 249 g/mol. The predicted octanol–water partition coefficient (Wildman–Crippen LogP) is 2.48. The molecule has 0 aliphatic heterocycles. The molecule has 0 saturated heterocycles. The SMILES string of the molecule is CCN(C)CC(C)(C)I(C)C. The van der Waals surface area contributed by atoms with Crippen LogP contribution < -0.4 is 0 Å². The molecular formula is C9H22IN. The molecule has 0 amide bonds. The number of hydrogen-bond acceptors (Lipinski definition) is 1. The first-order valence-electron chi connectivity index (χ1n) is 4.09. The molecule has 0 spiro atoms. The van der Waals surface area contributed by atoms with E-state index in [1.54, 1.807) is 0 Å². The Balaban J connectivity index is 3.90. The van der Waals surface area contributed by atoms with Crippen molar-refractivity contribution in [3.05, 3.63) is 0 Å². The van der Waals surface area contributed by atoms with Crippen molar-refractivity contribution < 1.29 is 0 Å². The molecule has 0 aliphatic rings. The molecule has 0 aliphatic carbocycles. The van der Waals surface area contributed by atoms with Gasteiger partial charge in [0.15, 0.2) is 0 Å². The third-order valence-corrected chi connectivity index (χ3v) is 8.39. The number of alkyl halides is 3. The summed E-state index contributed by atoms with van der Waals surface area (Å²) in [5.41, 5.74) is 0. The van der Waals surface area contributed by atoms with Crippen molar-refractivity contribution in [1.82, 2.24) is 4.90 Å². The average molecular weight is 271 g/mol. The number of halogens is 1. The van der Waals surface area contributed by atoms with E-state index in [1.165, 1.54) is 13.1 Å². The van der Waals surface area contributed by atoms with Crippen LogP contribution in [0.3, 0.4) is 0 Å². The summed E-state index contributed by atoms with van der Waals surface area (Å²) in [5, 5.41) is 0. The first-order chi connectivity index (χ1) is 4.90. The average Bonchev–Trinajstić information content (AvgIpc) is 1.86. The van der Waals surface area contributed by atoms with Crippen LogP contribution in [0.2, 0.25) is 0 Å². The van der Waals surface area contributed by atoms with Crippen molar-refractivity contribution in [2.45, 2.75) is 24.2 Å². The molecule has 0 atom stereocenters. The third kappa shape index (κ3) is 4.31. The van der Waals surface area contributed by atoms with Gasteiger partial charge in [-0.15, -0.1) is 0 Å². The maximum absolute atomic E-state index is 2.45. The van der Waals surface area contributed by atoms with Crippen molar-refractivity contribution in [2.24, 2.45) is 0 Å². The van der Waals surface area contributed by atoms with E-state index in [2.05, 4.69) is 42.6 Å². The van der Waals surface area contributed by atoms with Crippen molar-refractivity contribution in [1.29, 1.82) is 0 Å². The number of rotatable bonds is 4. The quantitative estimate of drug-likeness (QED) is 0.561. The van der Waals surface area contributed by atoms with Gasteiger partial charge in [0.2, 0.25) is 0 Å². The van der Waals surface area contributed by atoms with Gasteiger partial charge in [0.1, 0.15) is 0 Å². The molecule has 0 rings (SSSR count). The second-order valence-corrected chi connectivity index (χ2v) is 11.0. The molecule has 0 bridgehead atoms. The Kier molecular flexibility index (Phi) is 4.94. The molecule has 70 valence electrons. The number of nitrogens with zero attached hydrogens (tertiary/aromatic N) is 1. The molecule has 0 N–H and O–H groups in total. The van der Waals surface area contributed by atoms with Gasteiger partial charge in [-0.05, 0) is 0 Å². The molecule has 0 radical (unpaired) electrons. The van der Waals surface area contributed by atoms with Crippen LogP contribution in [0.1, 0.15) is 20.8 Å². The van der Waals surface area contributed by atoms with Crippen LogP contribution in [0.5, 0.6) is 0 Å².